The molecule has 1 fully saturated rings. The molecule has 1 aliphatic rings. The molecular weight excluding hydrogens is 234 g/mol. The Morgan fingerprint density at radius 2 is 1.82 bits per heavy atom. The van der Waals surface area contributed by atoms with Gasteiger partial charge in [0.05, 0.1) is 4.90 Å². The van der Waals surface area contributed by atoms with Gasteiger partial charge in [0.25, 0.3) is 0 Å². The van der Waals surface area contributed by atoms with Crippen LogP contribution in [0, 0.1) is 5.41 Å². The van der Waals surface area contributed by atoms with Crippen molar-refractivity contribution in [2.45, 2.75) is 30.6 Å². The molecule has 0 aromatic heterocycles. The van der Waals surface area contributed by atoms with Gasteiger partial charge in [-0.15, -0.1) is 0 Å². The molecule has 2 N–H and O–H groups in total. The quantitative estimate of drug-likeness (QED) is 0.892. The Hall–Kier alpha value is -0.870. The van der Waals surface area contributed by atoms with E-state index in [0.717, 1.165) is 12.0 Å². The Kier molecular flexibility index (Phi) is 2.64. The van der Waals surface area contributed by atoms with E-state index in [1.54, 1.807) is 12.1 Å². The highest BCUT2D eigenvalue weighted by Gasteiger charge is 2.62. The van der Waals surface area contributed by atoms with E-state index in [9.17, 15) is 8.42 Å². The van der Waals surface area contributed by atoms with Crippen molar-refractivity contribution < 1.29 is 8.42 Å². The fourth-order valence-corrected chi connectivity index (χ4v) is 3.80. The Labute approximate surface area is 103 Å². The van der Waals surface area contributed by atoms with E-state index in [2.05, 4.69) is 13.8 Å². The summed E-state index contributed by atoms with van der Waals surface area (Å²) in [6, 6.07) is 7.23. The maximum atomic E-state index is 11.8. The Morgan fingerprint density at radius 1 is 1.29 bits per heavy atom. The van der Waals surface area contributed by atoms with E-state index in [4.69, 9.17) is 5.73 Å². The van der Waals surface area contributed by atoms with Crippen molar-refractivity contribution in [2.24, 2.45) is 11.1 Å². The van der Waals surface area contributed by atoms with Crippen molar-refractivity contribution >= 4 is 9.84 Å². The predicted octanol–water partition coefficient (Wildman–Crippen LogP) is 1.72. The second-order valence-corrected chi connectivity index (χ2v) is 7.60. The summed E-state index contributed by atoms with van der Waals surface area (Å²) < 4.78 is 23.6. The molecule has 0 heterocycles. The number of benzene rings is 1. The van der Waals surface area contributed by atoms with Crippen LogP contribution in [0.4, 0.5) is 0 Å². The molecule has 0 bridgehead atoms. The summed E-state index contributed by atoms with van der Waals surface area (Å²) in [5.74, 6) is 0. The molecular formula is C13H19NO2S. The highest BCUT2D eigenvalue weighted by Crippen LogP contribution is 2.64. The molecule has 1 aliphatic carbocycles. The molecule has 1 saturated carbocycles. The first kappa shape index (κ1) is 12.6. The van der Waals surface area contributed by atoms with Crippen LogP contribution in [0.25, 0.3) is 0 Å². The van der Waals surface area contributed by atoms with Crippen LogP contribution >= 0.6 is 0 Å². The SMILES string of the molecule is CC1(C)CC1(CN)c1ccccc1S(C)(=O)=O. The number of hydrogen-bond donors (Lipinski definition) is 1. The molecule has 17 heavy (non-hydrogen) atoms. The maximum Gasteiger partial charge on any atom is 0.175 e. The fourth-order valence-electron chi connectivity index (χ4n) is 2.81. The number of hydrogen-bond acceptors (Lipinski definition) is 3. The summed E-state index contributed by atoms with van der Waals surface area (Å²) >= 11 is 0. The van der Waals surface area contributed by atoms with Gasteiger partial charge in [-0.2, -0.15) is 0 Å². The third kappa shape index (κ3) is 1.79. The highest BCUT2D eigenvalue weighted by atomic mass is 32.2. The normalized spacial score (nSPS) is 26.8. The average molecular weight is 253 g/mol. The monoisotopic (exact) mass is 253 g/mol. The van der Waals surface area contributed by atoms with Gasteiger partial charge in [0.2, 0.25) is 0 Å². The lowest BCUT2D eigenvalue weighted by Gasteiger charge is -2.21. The molecule has 4 heteroatoms. The van der Waals surface area contributed by atoms with Gasteiger partial charge in [0, 0.05) is 18.2 Å². The van der Waals surface area contributed by atoms with Gasteiger partial charge in [-0.25, -0.2) is 8.42 Å². The number of nitrogens with two attached hydrogens (primary N) is 1. The van der Waals surface area contributed by atoms with Crippen molar-refractivity contribution in [2.75, 3.05) is 12.8 Å². The smallest absolute Gasteiger partial charge is 0.175 e. The molecule has 0 aliphatic heterocycles. The van der Waals surface area contributed by atoms with E-state index in [-0.39, 0.29) is 10.8 Å². The molecule has 94 valence electrons. The zero-order chi connectivity index (χ0) is 12.9. The zero-order valence-electron chi connectivity index (χ0n) is 10.5. The van der Waals surface area contributed by atoms with Gasteiger partial charge >= 0.3 is 0 Å². The third-order valence-corrected chi connectivity index (χ3v) is 5.22. The summed E-state index contributed by atoms with van der Waals surface area (Å²) in [7, 11) is -3.19. The van der Waals surface area contributed by atoms with E-state index in [1.807, 2.05) is 12.1 Å². The summed E-state index contributed by atoms with van der Waals surface area (Å²) in [5.41, 5.74) is 6.69. The molecule has 0 amide bonds. The maximum absolute atomic E-state index is 11.8. The third-order valence-electron chi connectivity index (χ3n) is 4.06. The second kappa shape index (κ2) is 3.56. The van der Waals surface area contributed by atoms with Crippen molar-refractivity contribution in [3.63, 3.8) is 0 Å². The molecule has 1 unspecified atom stereocenters. The van der Waals surface area contributed by atoms with E-state index < -0.39 is 9.84 Å². The molecule has 1 aromatic rings. The molecule has 2 rings (SSSR count). The van der Waals surface area contributed by atoms with Crippen LogP contribution in [0.5, 0.6) is 0 Å². The standard InChI is InChI=1S/C13H19NO2S/c1-12(2)8-13(12,9-14)10-6-4-5-7-11(10)17(3,15)16/h4-7H,8-9,14H2,1-3H3. The lowest BCUT2D eigenvalue weighted by atomic mass is 9.88. The lowest BCUT2D eigenvalue weighted by Crippen LogP contribution is -2.27. The summed E-state index contributed by atoms with van der Waals surface area (Å²) in [6.07, 6.45) is 2.20. The minimum atomic E-state index is -3.19. The van der Waals surface area contributed by atoms with Gasteiger partial charge in [0.1, 0.15) is 0 Å². The topological polar surface area (TPSA) is 60.2 Å². The van der Waals surface area contributed by atoms with Gasteiger partial charge < -0.3 is 5.73 Å². The zero-order valence-corrected chi connectivity index (χ0v) is 11.3. The van der Waals surface area contributed by atoms with Crippen LogP contribution in [0.2, 0.25) is 0 Å². The van der Waals surface area contributed by atoms with E-state index in [0.29, 0.717) is 11.4 Å². The molecule has 3 nitrogen and oxygen atoms in total. The summed E-state index contributed by atoms with van der Waals surface area (Å²) in [6.45, 7) is 4.77. The summed E-state index contributed by atoms with van der Waals surface area (Å²) in [4.78, 5) is 0.427. The first-order chi connectivity index (χ1) is 7.74. The van der Waals surface area contributed by atoms with Crippen molar-refractivity contribution in [3.05, 3.63) is 29.8 Å². The van der Waals surface area contributed by atoms with Gasteiger partial charge in [-0.05, 0) is 23.5 Å². The highest BCUT2D eigenvalue weighted by molar-refractivity contribution is 7.90. The second-order valence-electron chi connectivity index (χ2n) is 5.62. The van der Waals surface area contributed by atoms with Crippen LogP contribution < -0.4 is 5.73 Å². The number of rotatable bonds is 3. The Morgan fingerprint density at radius 3 is 2.24 bits per heavy atom. The van der Waals surface area contributed by atoms with Crippen molar-refractivity contribution in [1.82, 2.24) is 0 Å². The van der Waals surface area contributed by atoms with Crippen LogP contribution in [-0.4, -0.2) is 21.2 Å². The van der Waals surface area contributed by atoms with Crippen LogP contribution in [0.3, 0.4) is 0 Å². The molecule has 1 atom stereocenters. The fraction of sp³-hybridized carbons (Fsp3) is 0.538. The van der Waals surface area contributed by atoms with Gasteiger partial charge in [-0.3, -0.25) is 0 Å². The molecule has 1 aromatic carbocycles. The average Bonchev–Trinajstić information content (AvgIpc) is 2.81. The van der Waals surface area contributed by atoms with E-state index >= 15 is 0 Å². The minimum Gasteiger partial charge on any atom is -0.330 e. The minimum absolute atomic E-state index is 0.0859. The predicted molar refractivity (Wildman–Crippen MR) is 68.7 cm³/mol. The summed E-state index contributed by atoms with van der Waals surface area (Å²) in [5, 5.41) is 0. The van der Waals surface area contributed by atoms with Gasteiger partial charge in [0.15, 0.2) is 9.84 Å². The Bertz CT molecular complexity index is 548. The van der Waals surface area contributed by atoms with E-state index in [1.165, 1.54) is 6.26 Å². The first-order valence-corrected chi connectivity index (χ1v) is 7.63. The lowest BCUT2D eigenvalue weighted by molar-refractivity contribution is 0.495. The molecule has 0 saturated heterocycles. The Balaban J connectivity index is 2.63. The van der Waals surface area contributed by atoms with Crippen LogP contribution in [0.15, 0.2) is 29.2 Å². The first-order valence-electron chi connectivity index (χ1n) is 5.74. The van der Waals surface area contributed by atoms with Crippen LogP contribution in [0.1, 0.15) is 25.8 Å². The molecule has 0 radical (unpaired) electrons. The molecule has 0 spiro atoms. The largest absolute Gasteiger partial charge is 0.330 e. The van der Waals surface area contributed by atoms with Crippen LogP contribution in [-0.2, 0) is 15.3 Å². The van der Waals surface area contributed by atoms with Crippen molar-refractivity contribution in [1.29, 1.82) is 0 Å². The number of sulfone groups is 1. The van der Waals surface area contributed by atoms with Crippen molar-refractivity contribution in [3.8, 4) is 0 Å². The van der Waals surface area contributed by atoms with Gasteiger partial charge in [-0.1, -0.05) is 32.0 Å².